The molecule has 1 aromatic rings. The standard InChI is InChI=1S/C12H18N2O3/c1-8(11(16)17-12(2,3)4)14-10(15)9-6-5-7-13-9/h5-8,13H,1-4H3,(H,14,15)/t8-/m1/s1. The van der Waals surface area contributed by atoms with Gasteiger partial charge in [-0.25, -0.2) is 4.79 Å². The van der Waals surface area contributed by atoms with Gasteiger partial charge in [-0.15, -0.1) is 0 Å². The van der Waals surface area contributed by atoms with E-state index in [-0.39, 0.29) is 5.91 Å². The van der Waals surface area contributed by atoms with Crippen molar-refractivity contribution in [2.24, 2.45) is 0 Å². The van der Waals surface area contributed by atoms with Crippen molar-refractivity contribution in [3.05, 3.63) is 24.0 Å². The van der Waals surface area contributed by atoms with Crippen molar-refractivity contribution < 1.29 is 14.3 Å². The zero-order valence-electron chi connectivity index (χ0n) is 10.5. The molecule has 1 amide bonds. The molecule has 0 saturated heterocycles. The van der Waals surface area contributed by atoms with Crippen LogP contribution in [0.5, 0.6) is 0 Å². The monoisotopic (exact) mass is 238 g/mol. The highest BCUT2D eigenvalue weighted by atomic mass is 16.6. The minimum atomic E-state index is -0.676. The molecule has 0 unspecified atom stereocenters. The highest BCUT2D eigenvalue weighted by Gasteiger charge is 2.23. The van der Waals surface area contributed by atoms with Crippen molar-refractivity contribution in [3.63, 3.8) is 0 Å². The second kappa shape index (κ2) is 5.03. The highest BCUT2D eigenvalue weighted by Crippen LogP contribution is 2.08. The summed E-state index contributed by atoms with van der Waals surface area (Å²) < 4.78 is 5.15. The maximum Gasteiger partial charge on any atom is 0.328 e. The number of ether oxygens (including phenoxy) is 1. The molecule has 1 heterocycles. The quantitative estimate of drug-likeness (QED) is 0.783. The molecule has 1 aromatic heterocycles. The normalized spacial score (nSPS) is 12.9. The Hall–Kier alpha value is -1.78. The van der Waals surface area contributed by atoms with Crippen LogP contribution in [0.3, 0.4) is 0 Å². The number of carbonyl (C=O) groups is 2. The minimum Gasteiger partial charge on any atom is -0.458 e. The molecule has 1 rings (SSSR count). The van der Waals surface area contributed by atoms with E-state index in [1.807, 2.05) is 0 Å². The molecule has 17 heavy (non-hydrogen) atoms. The summed E-state index contributed by atoms with van der Waals surface area (Å²) in [5.74, 6) is -0.772. The van der Waals surface area contributed by atoms with Crippen molar-refractivity contribution in [1.29, 1.82) is 0 Å². The van der Waals surface area contributed by atoms with E-state index in [1.165, 1.54) is 0 Å². The number of aromatic amines is 1. The van der Waals surface area contributed by atoms with Crippen molar-refractivity contribution in [3.8, 4) is 0 Å². The molecule has 5 nitrogen and oxygen atoms in total. The lowest BCUT2D eigenvalue weighted by Crippen LogP contribution is -2.42. The molecule has 0 radical (unpaired) electrons. The van der Waals surface area contributed by atoms with E-state index in [0.29, 0.717) is 5.69 Å². The number of hydrogen-bond donors (Lipinski definition) is 2. The fourth-order valence-electron chi connectivity index (χ4n) is 1.20. The van der Waals surface area contributed by atoms with Gasteiger partial charge in [-0.3, -0.25) is 4.79 Å². The number of carbonyl (C=O) groups excluding carboxylic acids is 2. The molecule has 5 heteroatoms. The third-order valence-electron chi connectivity index (χ3n) is 1.95. The van der Waals surface area contributed by atoms with Gasteiger partial charge < -0.3 is 15.0 Å². The zero-order valence-corrected chi connectivity index (χ0v) is 10.5. The maximum absolute atomic E-state index is 11.6. The predicted molar refractivity (Wildman–Crippen MR) is 63.6 cm³/mol. The van der Waals surface area contributed by atoms with Gasteiger partial charge in [0.1, 0.15) is 17.3 Å². The Morgan fingerprint density at radius 2 is 2.06 bits per heavy atom. The zero-order chi connectivity index (χ0) is 13.1. The van der Waals surface area contributed by atoms with E-state index < -0.39 is 17.6 Å². The first-order valence-electron chi connectivity index (χ1n) is 5.47. The molecule has 94 valence electrons. The van der Waals surface area contributed by atoms with E-state index in [1.54, 1.807) is 46.0 Å². The van der Waals surface area contributed by atoms with Crippen molar-refractivity contribution in [2.45, 2.75) is 39.3 Å². The van der Waals surface area contributed by atoms with Gasteiger partial charge in [-0.05, 0) is 39.8 Å². The summed E-state index contributed by atoms with van der Waals surface area (Å²) in [6, 6.07) is 2.68. The average molecular weight is 238 g/mol. The van der Waals surface area contributed by atoms with Crippen LogP contribution in [0.2, 0.25) is 0 Å². The summed E-state index contributed by atoms with van der Waals surface area (Å²) in [6.45, 7) is 6.94. The Kier molecular flexibility index (Phi) is 3.93. The first kappa shape index (κ1) is 13.3. The number of esters is 1. The molecule has 0 aliphatic carbocycles. The molecular weight excluding hydrogens is 220 g/mol. The highest BCUT2D eigenvalue weighted by molar-refractivity contribution is 5.95. The topological polar surface area (TPSA) is 71.2 Å². The van der Waals surface area contributed by atoms with Crippen LogP contribution in [-0.2, 0) is 9.53 Å². The van der Waals surface area contributed by atoms with Gasteiger partial charge in [-0.1, -0.05) is 0 Å². The Balaban J connectivity index is 2.52. The lowest BCUT2D eigenvalue weighted by Gasteiger charge is -2.22. The summed E-state index contributed by atoms with van der Waals surface area (Å²) >= 11 is 0. The van der Waals surface area contributed by atoms with Crippen LogP contribution >= 0.6 is 0 Å². The summed E-state index contributed by atoms with van der Waals surface area (Å²) in [4.78, 5) is 26.0. The summed E-state index contributed by atoms with van der Waals surface area (Å²) in [5, 5.41) is 2.56. The van der Waals surface area contributed by atoms with Gasteiger partial charge in [0.05, 0.1) is 0 Å². The van der Waals surface area contributed by atoms with Crippen molar-refractivity contribution in [2.75, 3.05) is 0 Å². The largest absolute Gasteiger partial charge is 0.458 e. The SMILES string of the molecule is C[C@@H](NC(=O)c1ccc[nH]1)C(=O)OC(C)(C)C. The van der Waals surface area contributed by atoms with Gasteiger partial charge in [0, 0.05) is 6.20 Å². The molecule has 0 aliphatic heterocycles. The van der Waals surface area contributed by atoms with Crippen LogP contribution in [0.25, 0.3) is 0 Å². The molecule has 0 bridgehead atoms. The molecule has 0 fully saturated rings. The van der Waals surface area contributed by atoms with Crippen molar-refractivity contribution in [1.82, 2.24) is 10.3 Å². The summed E-state index contributed by atoms with van der Waals surface area (Å²) in [6.07, 6.45) is 1.65. The summed E-state index contributed by atoms with van der Waals surface area (Å²) in [5.41, 5.74) is -0.136. The van der Waals surface area contributed by atoms with Crippen molar-refractivity contribution >= 4 is 11.9 Å². The molecule has 0 saturated carbocycles. The average Bonchev–Trinajstić information content (AvgIpc) is 2.67. The van der Waals surface area contributed by atoms with Crippen LogP contribution in [0.1, 0.15) is 38.2 Å². The molecule has 0 aromatic carbocycles. The van der Waals surface area contributed by atoms with E-state index in [4.69, 9.17) is 4.74 Å². The number of rotatable bonds is 3. The Labute approximate surface area is 101 Å². The van der Waals surface area contributed by atoms with Gasteiger partial charge in [0.15, 0.2) is 0 Å². The maximum atomic E-state index is 11.6. The first-order chi connectivity index (χ1) is 7.79. The van der Waals surface area contributed by atoms with Gasteiger partial charge in [-0.2, -0.15) is 0 Å². The third-order valence-corrected chi connectivity index (χ3v) is 1.95. The number of amides is 1. The van der Waals surface area contributed by atoms with Gasteiger partial charge >= 0.3 is 5.97 Å². The van der Waals surface area contributed by atoms with Crippen LogP contribution in [0, 0.1) is 0 Å². The third kappa shape index (κ3) is 4.30. The molecule has 0 spiro atoms. The van der Waals surface area contributed by atoms with E-state index in [9.17, 15) is 9.59 Å². The molecule has 1 atom stereocenters. The fraction of sp³-hybridized carbons (Fsp3) is 0.500. The van der Waals surface area contributed by atoms with Crippen LogP contribution < -0.4 is 5.32 Å². The number of hydrogen-bond acceptors (Lipinski definition) is 3. The molecule has 0 aliphatic rings. The van der Waals surface area contributed by atoms with E-state index >= 15 is 0 Å². The molecular formula is C12H18N2O3. The smallest absolute Gasteiger partial charge is 0.328 e. The van der Waals surface area contributed by atoms with Gasteiger partial charge in [0.2, 0.25) is 0 Å². The lowest BCUT2D eigenvalue weighted by atomic mass is 10.2. The predicted octanol–water partition coefficient (Wildman–Crippen LogP) is 1.47. The van der Waals surface area contributed by atoms with Crippen LogP contribution in [0.4, 0.5) is 0 Å². The van der Waals surface area contributed by atoms with Gasteiger partial charge in [0.25, 0.3) is 5.91 Å². The Morgan fingerprint density at radius 3 is 2.53 bits per heavy atom. The second-order valence-corrected chi connectivity index (χ2v) is 4.81. The number of H-pyrrole nitrogens is 1. The van der Waals surface area contributed by atoms with Crippen LogP contribution in [-0.4, -0.2) is 28.5 Å². The second-order valence-electron chi connectivity index (χ2n) is 4.81. The first-order valence-corrected chi connectivity index (χ1v) is 5.47. The number of nitrogens with one attached hydrogen (secondary N) is 2. The fourth-order valence-corrected chi connectivity index (χ4v) is 1.20. The van der Waals surface area contributed by atoms with E-state index in [0.717, 1.165) is 0 Å². The van der Waals surface area contributed by atoms with Crippen LogP contribution in [0.15, 0.2) is 18.3 Å². The Morgan fingerprint density at radius 1 is 1.41 bits per heavy atom. The van der Waals surface area contributed by atoms with E-state index in [2.05, 4.69) is 10.3 Å². The number of aromatic nitrogens is 1. The molecule has 2 N–H and O–H groups in total. The summed E-state index contributed by atoms with van der Waals surface area (Å²) in [7, 11) is 0. The Bertz CT molecular complexity index is 390. The lowest BCUT2D eigenvalue weighted by molar-refractivity contribution is -0.156. The minimum absolute atomic E-state index is 0.326.